The van der Waals surface area contributed by atoms with Crippen LogP contribution in [0.3, 0.4) is 0 Å². The van der Waals surface area contributed by atoms with Crippen LogP contribution in [0.15, 0.2) is 52.3 Å². The number of nitrogens with zero attached hydrogens (tertiary/aromatic N) is 1. The molecule has 5 nitrogen and oxygen atoms in total. The first-order chi connectivity index (χ1) is 13.7. The zero-order valence-electron chi connectivity index (χ0n) is 15.5. The summed E-state index contributed by atoms with van der Waals surface area (Å²) in [5, 5.41) is 2.94. The molecule has 0 aromatic heterocycles. The van der Waals surface area contributed by atoms with E-state index in [9.17, 15) is 9.59 Å². The number of benzene rings is 2. The standard InChI is InChI=1S/C22H20N2O3S/c1-2-3-12-24-17-11-10-15(23-21(25)18-8-6-13-27-18)14-20(17)28-19-9-5-4-7-16(19)22(24)26/h4-5,7,9-11,14,18H,6,8,12-13H2,1H3,(H,23,25). The van der Waals surface area contributed by atoms with E-state index < -0.39 is 0 Å². The molecule has 4 rings (SSSR count). The summed E-state index contributed by atoms with van der Waals surface area (Å²) in [6.45, 7) is 2.71. The van der Waals surface area contributed by atoms with E-state index in [-0.39, 0.29) is 17.9 Å². The number of anilines is 2. The minimum absolute atomic E-state index is 0.0688. The molecule has 2 aromatic carbocycles. The van der Waals surface area contributed by atoms with Gasteiger partial charge in [-0.2, -0.15) is 0 Å². The third-order valence-electron chi connectivity index (χ3n) is 4.74. The van der Waals surface area contributed by atoms with Gasteiger partial charge in [-0.25, -0.2) is 0 Å². The van der Waals surface area contributed by atoms with Gasteiger partial charge in [-0.3, -0.25) is 14.5 Å². The van der Waals surface area contributed by atoms with Gasteiger partial charge in [0.15, 0.2) is 0 Å². The van der Waals surface area contributed by atoms with E-state index in [1.165, 1.54) is 11.8 Å². The number of nitrogens with one attached hydrogen (secondary N) is 1. The highest BCUT2D eigenvalue weighted by atomic mass is 32.2. The average molecular weight is 392 g/mol. The first-order valence-corrected chi connectivity index (χ1v) is 10.0. The average Bonchev–Trinajstić information content (AvgIpc) is 3.21. The summed E-state index contributed by atoms with van der Waals surface area (Å²) in [4.78, 5) is 29.0. The van der Waals surface area contributed by atoms with Gasteiger partial charge in [0.05, 0.1) is 17.8 Å². The van der Waals surface area contributed by atoms with Crippen LogP contribution in [-0.2, 0) is 9.53 Å². The molecule has 2 amide bonds. The van der Waals surface area contributed by atoms with E-state index in [0.29, 0.717) is 24.4 Å². The highest BCUT2D eigenvalue weighted by Gasteiger charge is 2.28. The topological polar surface area (TPSA) is 58.6 Å². The summed E-state index contributed by atoms with van der Waals surface area (Å²) < 4.78 is 5.46. The molecule has 1 N–H and O–H groups in total. The molecule has 2 heterocycles. The Morgan fingerprint density at radius 1 is 1.29 bits per heavy atom. The number of fused-ring (bicyclic) bond motifs is 2. The Kier molecular flexibility index (Phi) is 5.38. The molecule has 0 bridgehead atoms. The monoisotopic (exact) mass is 392 g/mol. The van der Waals surface area contributed by atoms with Gasteiger partial charge in [0.1, 0.15) is 6.10 Å². The van der Waals surface area contributed by atoms with Crippen molar-refractivity contribution in [2.24, 2.45) is 0 Å². The van der Waals surface area contributed by atoms with Crippen molar-refractivity contribution in [1.29, 1.82) is 0 Å². The molecule has 1 atom stereocenters. The molecule has 1 saturated heterocycles. The number of carbonyl (C=O) groups excluding carboxylic acids is 2. The molecular weight excluding hydrogens is 372 g/mol. The molecule has 0 spiro atoms. The molecule has 1 unspecified atom stereocenters. The van der Waals surface area contributed by atoms with Gasteiger partial charge >= 0.3 is 0 Å². The van der Waals surface area contributed by atoms with Crippen LogP contribution >= 0.6 is 11.8 Å². The fourth-order valence-corrected chi connectivity index (χ4v) is 4.44. The van der Waals surface area contributed by atoms with Crippen molar-refractivity contribution in [3.63, 3.8) is 0 Å². The largest absolute Gasteiger partial charge is 0.368 e. The summed E-state index contributed by atoms with van der Waals surface area (Å²) in [5.41, 5.74) is 2.15. The zero-order chi connectivity index (χ0) is 19.5. The summed E-state index contributed by atoms with van der Waals surface area (Å²) in [6, 6.07) is 13.2. The molecule has 0 aliphatic carbocycles. The quantitative estimate of drug-likeness (QED) is 0.804. The van der Waals surface area contributed by atoms with Crippen LogP contribution < -0.4 is 10.2 Å². The second kappa shape index (κ2) is 8.09. The summed E-state index contributed by atoms with van der Waals surface area (Å²) in [7, 11) is 0. The number of hydrogen-bond donors (Lipinski definition) is 1. The molecule has 0 radical (unpaired) electrons. The fraction of sp³-hybridized carbons (Fsp3) is 0.273. The lowest BCUT2D eigenvalue weighted by molar-refractivity contribution is -0.124. The first kappa shape index (κ1) is 18.6. The van der Waals surface area contributed by atoms with E-state index >= 15 is 0 Å². The minimum Gasteiger partial charge on any atom is -0.368 e. The van der Waals surface area contributed by atoms with Gasteiger partial charge < -0.3 is 10.1 Å². The number of ether oxygens (including phenoxy) is 1. The van der Waals surface area contributed by atoms with Crippen molar-refractivity contribution in [1.82, 2.24) is 0 Å². The number of amides is 2. The van der Waals surface area contributed by atoms with Gasteiger partial charge in [0, 0.05) is 22.1 Å². The van der Waals surface area contributed by atoms with E-state index in [4.69, 9.17) is 4.74 Å². The van der Waals surface area contributed by atoms with Crippen molar-refractivity contribution >= 4 is 35.0 Å². The Labute approximate surface area is 168 Å². The summed E-state index contributed by atoms with van der Waals surface area (Å²) in [5.74, 6) is 5.66. The second-order valence-corrected chi connectivity index (χ2v) is 7.67. The van der Waals surface area contributed by atoms with Gasteiger partial charge in [-0.05, 0) is 50.1 Å². The number of hydrogen-bond acceptors (Lipinski definition) is 4. The SMILES string of the molecule is CC#CCN1C(=O)c2ccccc2Sc2cc(NC(=O)C3CCCO3)ccc21. The molecule has 2 aromatic rings. The lowest BCUT2D eigenvalue weighted by atomic mass is 10.1. The maximum Gasteiger partial charge on any atom is 0.260 e. The molecule has 2 aliphatic rings. The molecular formula is C22H20N2O3S. The maximum absolute atomic E-state index is 13.1. The summed E-state index contributed by atoms with van der Waals surface area (Å²) >= 11 is 1.52. The lowest BCUT2D eigenvalue weighted by Crippen LogP contribution is -2.31. The predicted molar refractivity (Wildman–Crippen MR) is 110 cm³/mol. The second-order valence-electron chi connectivity index (χ2n) is 6.59. The third kappa shape index (κ3) is 3.64. The molecule has 2 aliphatic heterocycles. The Morgan fingerprint density at radius 3 is 2.93 bits per heavy atom. The summed E-state index contributed by atoms with van der Waals surface area (Å²) in [6.07, 6.45) is 1.27. The van der Waals surface area contributed by atoms with E-state index in [1.54, 1.807) is 11.8 Å². The van der Waals surface area contributed by atoms with E-state index in [2.05, 4.69) is 17.2 Å². The Balaban J connectivity index is 1.69. The van der Waals surface area contributed by atoms with Gasteiger partial charge in [0.25, 0.3) is 11.8 Å². The minimum atomic E-state index is -0.384. The highest BCUT2D eigenvalue weighted by molar-refractivity contribution is 7.99. The van der Waals surface area contributed by atoms with Crippen LogP contribution in [0.4, 0.5) is 11.4 Å². The van der Waals surface area contributed by atoms with Gasteiger partial charge in [-0.15, -0.1) is 5.92 Å². The Hall–Kier alpha value is -2.75. The van der Waals surface area contributed by atoms with Crippen molar-refractivity contribution in [2.75, 3.05) is 23.4 Å². The number of carbonyl (C=O) groups is 2. The smallest absolute Gasteiger partial charge is 0.260 e. The lowest BCUT2D eigenvalue weighted by Gasteiger charge is -2.21. The van der Waals surface area contributed by atoms with Gasteiger partial charge in [-0.1, -0.05) is 29.8 Å². The Morgan fingerprint density at radius 2 is 2.14 bits per heavy atom. The van der Waals surface area contributed by atoms with Crippen molar-refractivity contribution in [3.05, 3.63) is 48.0 Å². The molecule has 6 heteroatoms. The molecule has 1 fully saturated rings. The number of rotatable bonds is 3. The van der Waals surface area contributed by atoms with Gasteiger partial charge in [0.2, 0.25) is 0 Å². The van der Waals surface area contributed by atoms with Crippen LogP contribution in [0.1, 0.15) is 30.1 Å². The van der Waals surface area contributed by atoms with Crippen LogP contribution in [-0.4, -0.2) is 31.1 Å². The normalized spacial score (nSPS) is 17.8. The van der Waals surface area contributed by atoms with Crippen LogP contribution in [0.2, 0.25) is 0 Å². The van der Waals surface area contributed by atoms with Crippen LogP contribution in [0, 0.1) is 11.8 Å². The first-order valence-electron chi connectivity index (χ1n) is 9.22. The Bertz CT molecular complexity index is 987. The van der Waals surface area contributed by atoms with Crippen LogP contribution in [0.5, 0.6) is 0 Å². The van der Waals surface area contributed by atoms with E-state index in [0.717, 1.165) is 28.3 Å². The van der Waals surface area contributed by atoms with Crippen molar-refractivity contribution in [2.45, 2.75) is 35.7 Å². The zero-order valence-corrected chi connectivity index (χ0v) is 16.3. The third-order valence-corrected chi connectivity index (χ3v) is 5.86. The van der Waals surface area contributed by atoms with E-state index in [1.807, 2.05) is 42.5 Å². The van der Waals surface area contributed by atoms with Crippen molar-refractivity contribution < 1.29 is 14.3 Å². The van der Waals surface area contributed by atoms with Crippen LogP contribution in [0.25, 0.3) is 0 Å². The molecule has 0 saturated carbocycles. The highest BCUT2D eigenvalue weighted by Crippen LogP contribution is 2.42. The molecule has 28 heavy (non-hydrogen) atoms. The molecule has 142 valence electrons. The van der Waals surface area contributed by atoms with Crippen molar-refractivity contribution in [3.8, 4) is 11.8 Å². The fourth-order valence-electron chi connectivity index (χ4n) is 3.32. The maximum atomic E-state index is 13.1. The predicted octanol–water partition coefficient (Wildman–Crippen LogP) is 3.94.